The molecule has 1 amide bonds. The van der Waals surface area contributed by atoms with E-state index in [1.807, 2.05) is 36.0 Å². The van der Waals surface area contributed by atoms with Crippen molar-refractivity contribution < 1.29 is 4.79 Å². The molecule has 0 aromatic heterocycles. The Kier molecular flexibility index (Phi) is 4.21. The van der Waals surface area contributed by atoms with Gasteiger partial charge in [0.1, 0.15) is 0 Å². The molecule has 0 radical (unpaired) electrons. The smallest absolute Gasteiger partial charge is 0.256 e. The summed E-state index contributed by atoms with van der Waals surface area (Å²) in [7, 11) is 3.90. The zero-order valence-electron chi connectivity index (χ0n) is 12.9. The highest BCUT2D eigenvalue weighted by Gasteiger charge is 2.29. The number of anilines is 2. The summed E-state index contributed by atoms with van der Waals surface area (Å²) in [6.07, 6.45) is 1.10. The number of nitrogens with zero attached hydrogens (tertiary/aromatic N) is 2. The Morgan fingerprint density at radius 1 is 1.40 bits per heavy atom. The number of likely N-dealkylation sites (tertiary alicyclic amines) is 1. The van der Waals surface area contributed by atoms with Crippen LogP contribution >= 0.6 is 0 Å². The minimum Gasteiger partial charge on any atom is -0.399 e. The van der Waals surface area contributed by atoms with Crippen LogP contribution in [0, 0.1) is 11.8 Å². The molecule has 1 aromatic carbocycles. The standard InChI is InChI=1S/C16H25N3O/c1-11(2)12-7-8-19(10-12)16(20)14-9-13(17)5-6-15(14)18(3)4/h5-6,9,11-12H,7-8,10,17H2,1-4H3. The van der Waals surface area contributed by atoms with Crippen LogP contribution < -0.4 is 10.6 Å². The molecule has 1 aromatic rings. The summed E-state index contributed by atoms with van der Waals surface area (Å²) in [6, 6.07) is 5.55. The number of carbonyl (C=O) groups is 1. The van der Waals surface area contributed by atoms with Crippen molar-refractivity contribution >= 4 is 17.3 Å². The second-order valence-electron chi connectivity index (χ2n) is 6.21. The molecule has 1 atom stereocenters. The molecule has 1 saturated heterocycles. The van der Waals surface area contributed by atoms with Crippen LogP contribution in [0.5, 0.6) is 0 Å². The largest absolute Gasteiger partial charge is 0.399 e. The summed E-state index contributed by atoms with van der Waals surface area (Å²) in [4.78, 5) is 16.7. The Morgan fingerprint density at radius 2 is 2.10 bits per heavy atom. The first-order chi connectivity index (χ1) is 9.40. The molecule has 1 aliphatic heterocycles. The molecular weight excluding hydrogens is 250 g/mol. The summed E-state index contributed by atoms with van der Waals surface area (Å²) < 4.78 is 0. The van der Waals surface area contributed by atoms with Crippen LogP contribution in [0.15, 0.2) is 18.2 Å². The second-order valence-corrected chi connectivity index (χ2v) is 6.21. The maximum absolute atomic E-state index is 12.7. The van der Waals surface area contributed by atoms with Gasteiger partial charge in [-0.05, 0) is 36.5 Å². The number of carbonyl (C=O) groups excluding carboxylic acids is 1. The average molecular weight is 275 g/mol. The Balaban J connectivity index is 2.23. The molecule has 1 heterocycles. The Bertz CT molecular complexity index is 496. The first-order valence-electron chi connectivity index (χ1n) is 7.26. The molecule has 0 aliphatic carbocycles. The van der Waals surface area contributed by atoms with Crippen LogP contribution in [0.1, 0.15) is 30.6 Å². The Morgan fingerprint density at radius 3 is 2.65 bits per heavy atom. The average Bonchev–Trinajstić information content (AvgIpc) is 2.87. The van der Waals surface area contributed by atoms with E-state index in [0.29, 0.717) is 23.1 Å². The van der Waals surface area contributed by atoms with E-state index in [9.17, 15) is 4.79 Å². The predicted molar refractivity (Wildman–Crippen MR) is 84.0 cm³/mol. The molecule has 1 unspecified atom stereocenters. The van der Waals surface area contributed by atoms with Gasteiger partial charge in [0, 0.05) is 38.6 Å². The fourth-order valence-corrected chi connectivity index (χ4v) is 2.80. The highest BCUT2D eigenvalue weighted by atomic mass is 16.2. The van der Waals surface area contributed by atoms with Crippen molar-refractivity contribution in [3.63, 3.8) is 0 Å². The lowest BCUT2D eigenvalue weighted by Crippen LogP contribution is -2.30. The van der Waals surface area contributed by atoms with Gasteiger partial charge >= 0.3 is 0 Å². The topological polar surface area (TPSA) is 49.6 Å². The zero-order valence-corrected chi connectivity index (χ0v) is 12.9. The number of rotatable bonds is 3. The van der Waals surface area contributed by atoms with E-state index in [0.717, 1.165) is 25.2 Å². The molecule has 1 aliphatic rings. The molecule has 4 heteroatoms. The summed E-state index contributed by atoms with van der Waals surface area (Å²) in [5, 5.41) is 0. The molecular formula is C16H25N3O. The third-order valence-electron chi connectivity index (χ3n) is 4.19. The van der Waals surface area contributed by atoms with E-state index < -0.39 is 0 Å². The van der Waals surface area contributed by atoms with Crippen LogP contribution in [0.4, 0.5) is 11.4 Å². The third-order valence-corrected chi connectivity index (χ3v) is 4.19. The van der Waals surface area contributed by atoms with Gasteiger partial charge in [-0.2, -0.15) is 0 Å². The van der Waals surface area contributed by atoms with Crippen LogP contribution in [-0.4, -0.2) is 38.0 Å². The maximum Gasteiger partial charge on any atom is 0.256 e. The molecule has 110 valence electrons. The molecule has 2 N–H and O–H groups in total. The second kappa shape index (κ2) is 5.73. The monoisotopic (exact) mass is 275 g/mol. The van der Waals surface area contributed by atoms with Crippen LogP contribution in [0.25, 0.3) is 0 Å². The summed E-state index contributed by atoms with van der Waals surface area (Å²) in [5.74, 6) is 1.34. The van der Waals surface area contributed by atoms with Crippen LogP contribution in [0.2, 0.25) is 0 Å². The van der Waals surface area contributed by atoms with Gasteiger partial charge < -0.3 is 15.5 Å². The third kappa shape index (κ3) is 2.89. The maximum atomic E-state index is 12.7. The number of hydrogen-bond donors (Lipinski definition) is 1. The van der Waals surface area contributed by atoms with E-state index >= 15 is 0 Å². The number of amides is 1. The number of nitrogens with two attached hydrogens (primary N) is 1. The molecule has 0 spiro atoms. The van der Waals surface area contributed by atoms with Crippen molar-refractivity contribution in [3.8, 4) is 0 Å². The Labute approximate surface area is 121 Å². The summed E-state index contributed by atoms with van der Waals surface area (Å²) in [5.41, 5.74) is 8.12. The number of hydrogen-bond acceptors (Lipinski definition) is 3. The first-order valence-corrected chi connectivity index (χ1v) is 7.26. The fraction of sp³-hybridized carbons (Fsp3) is 0.562. The van der Waals surface area contributed by atoms with Gasteiger partial charge in [0.05, 0.1) is 5.56 Å². The van der Waals surface area contributed by atoms with E-state index in [-0.39, 0.29) is 5.91 Å². The minimum atomic E-state index is 0.101. The van der Waals surface area contributed by atoms with Crippen molar-refractivity contribution in [2.75, 3.05) is 37.8 Å². The first kappa shape index (κ1) is 14.7. The van der Waals surface area contributed by atoms with Crippen molar-refractivity contribution in [2.24, 2.45) is 11.8 Å². The summed E-state index contributed by atoms with van der Waals surface area (Å²) >= 11 is 0. The highest BCUT2D eigenvalue weighted by Crippen LogP contribution is 2.28. The van der Waals surface area contributed by atoms with Gasteiger partial charge in [-0.15, -0.1) is 0 Å². The number of nitrogen functional groups attached to an aromatic ring is 1. The quantitative estimate of drug-likeness (QED) is 0.862. The zero-order chi connectivity index (χ0) is 14.9. The van der Waals surface area contributed by atoms with Crippen molar-refractivity contribution in [1.82, 2.24) is 4.90 Å². The van der Waals surface area contributed by atoms with Gasteiger partial charge in [0.15, 0.2) is 0 Å². The fourth-order valence-electron chi connectivity index (χ4n) is 2.80. The number of benzene rings is 1. The van der Waals surface area contributed by atoms with Crippen molar-refractivity contribution in [1.29, 1.82) is 0 Å². The van der Waals surface area contributed by atoms with Gasteiger partial charge in [-0.3, -0.25) is 4.79 Å². The van der Waals surface area contributed by atoms with E-state index in [2.05, 4.69) is 13.8 Å². The molecule has 0 saturated carbocycles. The molecule has 1 fully saturated rings. The van der Waals surface area contributed by atoms with Crippen LogP contribution in [0.3, 0.4) is 0 Å². The lowest BCUT2D eigenvalue weighted by atomic mass is 9.95. The molecule has 0 bridgehead atoms. The summed E-state index contributed by atoms with van der Waals surface area (Å²) in [6.45, 7) is 6.16. The van der Waals surface area contributed by atoms with Gasteiger partial charge in [-0.25, -0.2) is 0 Å². The van der Waals surface area contributed by atoms with E-state index in [1.54, 1.807) is 6.07 Å². The lowest BCUT2D eigenvalue weighted by molar-refractivity contribution is 0.0784. The van der Waals surface area contributed by atoms with Crippen LogP contribution in [-0.2, 0) is 0 Å². The van der Waals surface area contributed by atoms with Gasteiger partial charge in [0.2, 0.25) is 0 Å². The minimum absolute atomic E-state index is 0.101. The Hall–Kier alpha value is -1.71. The highest BCUT2D eigenvalue weighted by molar-refractivity contribution is 6.00. The van der Waals surface area contributed by atoms with Gasteiger partial charge in [-0.1, -0.05) is 13.8 Å². The van der Waals surface area contributed by atoms with Crippen molar-refractivity contribution in [2.45, 2.75) is 20.3 Å². The van der Waals surface area contributed by atoms with Crippen molar-refractivity contribution in [3.05, 3.63) is 23.8 Å². The lowest BCUT2D eigenvalue weighted by Gasteiger charge is -2.22. The SMILES string of the molecule is CC(C)C1CCN(C(=O)c2cc(N)ccc2N(C)C)C1. The normalized spacial score (nSPS) is 18.6. The molecule has 4 nitrogen and oxygen atoms in total. The molecule has 2 rings (SSSR count). The van der Waals surface area contributed by atoms with E-state index in [1.165, 1.54) is 0 Å². The van der Waals surface area contributed by atoms with E-state index in [4.69, 9.17) is 5.73 Å². The molecule has 20 heavy (non-hydrogen) atoms. The van der Waals surface area contributed by atoms with Gasteiger partial charge in [0.25, 0.3) is 5.91 Å². The predicted octanol–water partition coefficient (Wildman–Crippen LogP) is 2.45.